The van der Waals surface area contributed by atoms with Crippen molar-refractivity contribution in [1.82, 2.24) is 0 Å². The molecule has 0 N–H and O–H groups in total. The van der Waals surface area contributed by atoms with E-state index in [2.05, 4.69) is 6.58 Å². The van der Waals surface area contributed by atoms with Crippen molar-refractivity contribution in [3.8, 4) is 0 Å². The SMILES string of the molecule is C=CCC[C@@H]1CCCO1. The summed E-state index contributed by atoms with van der Waals surface area (Å²) in [5.41, 5.74) is 0. The Kier molecular flexibility index (Phi) is 2.78. The number of hydrogen-bond acceptors (Lipinski definition) is 1. The molecule has 0 saturated carbocycles. The van der Waals surface area contributed by atoms with Crippen molar-refractivity contribution in [1.29, 1.82) is 0 Å². The Labute approximate surface area is 56.7 Å². The molecule has 9 heavy (non-hydrogen) atoms. The largest absolute Gasteiger partial charge is 0.378 e. The quantitative estimate of drug-likeness (QED) is 0.526. The van der Waals surface area contributed by atoms with Gasteiger partial charge in [-0.2, -0.15) is 0 Å². The maximum Gasteiger partial charge on any atom is 0.0579 e. The van der Waals surface area contributed by atoms with E-state index in [9.17, 15) is 0 Å². The van der Waals surface area contributed by atoms with Crippen molar-refractivity contribution < 1.29 is 4.74 Å². The average molecular weight is 126 g/mol. The summed E-state index contributed by atoms with van der Waals surface area (Å²) in [6, 6.07) is 0. The lowest BCUT2D eigenvalue weighted by Gasteiger charge is -2.04. The van der Waals surface area contributed by atoms with Gasteiger partial charge in [-0.05, 0) is 25.7 Å². The van der Waals surface area contributed by atoms with Gasteiger partial charge in [0, 0.05) is 6.61 Å². The van der Waals surface area contributed by atoms with Gasteiger partial charge in [-0.1, -0.05) is 6.08 Å². The minimum atomic E-state index is 0.544. The van der Waals surface area contributed by atoms with Gasteiger partial charge in [-0.25, -0.2) is 0 Å². The normalized spacial score (nSPS) is 26.4. The van der Waals surface area contributed by atoms with E-state index in [4.69, 9.17) is 4.74 Å². The molecule has 0 amide bonds. The summed E-state index contributed by atoms with van der Waals surface area (Å²) in [4.78, 5) is 0. The molecule has 0 aromatic heterocycles. The molecule has 1 aliphatic rings. The van der Waals surface area contributed by atoms with Crippen LogP contribution in [0.3, 0.4) is 0 Å². The molecular formula is C8H14O. The van der Waals surface area contributed by atoms with Gasteiger partial charge in [-0.3, -0.25) is 0 Å². The summed E-state index contributed by atoms with van der Waals surface area (Å²) >= 11 is 0. The van der Waals surface area contributed by atoms with Crippen molar-refractivity contribution in [2.24, 2.45) is 0 Å². The Morgan fingerprint density at radius 1 is 1.67 bits per heavy atom. The highest BCUT2D eigenvalue weighted by Crippen LogP contribution is 2.16. The Balaban J connectivity index is 2.04. The zero-order valence-electron chi connectivity index (χ0n) is 5.81. The lowest BCUT2D eigenvalue weighted by Crippen LogP contribution is -2.02. The Morgan fingerprint density at radius 2 is 2.56 bits per heavy atom. The van der Waals surface area contributed by atoms with E-state index < -0.39 is 0 Å². The van der Waals surface area contributed by atoms with Crippen LogP contribution in [0.15, 0.2) is 12.7 Å². The third-order valence-electron chi connectivity index (χ3n) is 1.72. The van der Waals surface area contributed by atoms with Crippen LogP contribution in [0.4, 0.5) is 0 Å². The van der Waals surface area contributed by atoms with Crippen LogP contribution < -0.4 is 0 Å². The van der Waals surface area contributed by atoms with Crippen molar-refractivity contribution in [3.63, 3.8) is 0 Å². The molecule has 1 saturated heterocycles. The fraction of sp³-hybridized carbons (Fsp3) is 0.750. The minimum absolute atomic E-state index is 0.544. The Bertz CT molecular complexity index is 82.6. The van der Waals surface area contributed by atoms with Gasteiger partial charge in [0.1, 0.15) is 0 Å². The molecule has 0 spiro atoms. The first-order valence-electron chi connectivity index (χ1n) is 3.66. The predicted molar refractivity (Wildman–Crippen MR) is 38.4 cm³/mol. The topological polar surface area (TPSA) is 9.23 Å². The molecule has 1 heterocycles. The third-order valence-corrected chi connectivity index (χ3v) is 1.72. The molecule has 0 unspecified atom stereocenters. The summed E-state index contributed by atoms with van der Waals surface area (Å²) in [6.45, 7) is 4.64. The zero-order chi connectivity index (χ0) is 6.53. The number of hydrogen-bond donors (Lipinski definition) is 0. The molecule has 1 aliphatic heterocycles. The first-order chi connectivity index (χ1) is 4.43. The Morgan fingerprint density at radius 3 is 3.11 bits per heavy atom. The van der Waals surface area contributed by atoms with Crippen LogP contribution in [0.2, 0.25) is 0 Å². The van der Waals surface area contributed by atoms with Gasteiger partial charge in [0.05, 0.1) is 6.10 Å². The fourth-order valence-electron chi connectivity index (χ4n) is 1.18. The van der Waals surface area contributed by atoms with Crippen LogP contribution >= 0.6 is 0 Å². The van der Waals surface area contributed by atoms with Crippen LogP contribution in [0.25, 0.3) is 0 Å². The maximum absolute atomic E-state index is 5.41. The van der Waals surface area contributed by atoms with Crippen LogP contribution in [0.1, 0.15) is 25.7 Å². The van der Waals surface area contributed by atoms with E-state index in [0.717, 1.165) is 13.0 Å². The van der Waals surface area contributed by atoms with Crippen LogP contribution in [0, 0.1) is 0 Å². The third kappa shape index (κ3) is 2.19. The second-order valence-corrected chi connectivity index (χ2v) is 2.50. The first kappa shape index (κ1) is 6.81. The molecule has 0 aliphatic carbocycles. The molecule has 52 valence electrons. The smallest absolute Gasteiger partial charge is 0.0579 e. The number of ether oxygens (including phenoxy) is 1. The standard InChI is InChI=1S/C8H14O/c1-2-3-5-8-6-4-7-9-8/h2,8H,1,3-7H2/t8-/m1/s1. The van der Waals surface area contributed by atoms with E-state index in [1.165, 1.54) is 19.3 Å². The molecule has 0 aromatic carbocycles. The van der Waals surface area contributed by atoms with Crippen molar-refractivity contribution in [2.45, 2.75) is 31.8 Å². The zero-order valence-corrected chi connectivity index (χ0v) is 5.81. The predicted octanol–water partition coefficient (Wildman–Crippen LogP) is 2.13. The molecule has 1 fully saturated rings. The van der Waals surface area contributed by atoms with Gasteiger partial charge in [0.25, 0.3) is 0 Å². The highest BCUT2D eigenvalue weighted by atomic mass is 16.5. The number of allylic oxidation sites excluding steroid dienone is 1. The highest BCUT2D eigenvalue weighted by Gasteiger charge is 2.13. The van der Waals surface area contributed by atoms with Crippen molar-refractivity contribution >= 4 is 0 Å². The highest BCUT2D eigenvalue weighted by molar-refractivity contribution is 4.72. The first-order valence-corrected chi connectivity index (χ1v) is 3.66. The maximum atomic E-state index is 5.41. The van der Waals surface area contributed by atoms with Crippen LogP contribution in [-0.2, 0) is 4.74 Å². The van der Waals surface area contributed by atoms with E-state index in [0.29, 0.717) is 6.10 Å². The van der Waals surface area contributed by atoms with Crippen LogP contribution in [-0.4, -0.2) is 12.7 Å². The lowest BCUT2D eigenvalue weighted by atomic mass is 10.1. The molecular weight excluding hydrogens is 112 g/mol. The second kappa shape index (κ2) is 3.67. The van der Waals surface area contributed by atoms with Gasteiger partial charge in [-0.15, -0.1) is 6.58 Å². The summed E-state index contributed by atoms with van der Waals surface area (Å²) in [6.07, 6.45) is 7.29. The molecule has 0 aromatic rings. The second-order valence-electron chi connectivity index (χ2n) is 2.50. The van der Waals surface area contributed by atoms with Gasteiger partial charge in [0.2, 0.25) is 0 Å². The lowest BCUT2D eigenvalue weighted by molar-refractivity contribution is 0.105. The van der Waals surface area contributed by atoms with Gasteiger partial charge < -0.3 is 4.74 Å². The van der Waals surface area contributed by atoms with Crippen molar-refractivity contribution in [2.75, 3.05) is 6.61 Å². The van der Waals surface area contributed by atoms with Gasteiger partial charge >= 0.3 is 0 Å². The fourth-order valence-corrected chi connectivity index (χ4v) is 1.18. The van der Waals surface area contributed by atoms with E-state index >= 15 is 0 Å². The number of rotatable bonds is 3. The summed E-state index contributed by atoms with van der Waals surface area (Å²) in [5.74, 6) is 0. The van der Waals surface area contributed by atoms with Crippen LogP contribution in [0.5, 0.6) is 0 Å². The summed E-state index contributed by atoms with van der Waals surface area (Å²) < 4.78 is 5.41. The van der Waals surface area contributed by atoms with Crippen molar-refractivity contribution in [3.05, 3.63) is 12.7 Å². The minimum Gasteiger partial charge on any atom is -0.378 e. The van der Waals surface area contributed by atoms with E-state index in [1.807, 2.05) is 6.08 Å². The Hall–Kier alpha value is -0.300. The molecule has 1 atom stereocenters. The van der Waals surface area contributed by atoms with E-state index in [-0.39, 0.29) is 0 Å². The molecule has 1 rings (SSSR count). The van der Waals surface area contributed by atoms with E-state index in [1.54, 1.807) is 0 Å². The monoisotopic (exact) mass is 126 g/mol. The summed E-state index contributed by atoms with van der Waals surface area (Å²) in [5, 5.41) is 0. The molecule has 0 radical (unpaired) electrons. The van der Waals surface area contributed by atoms with Gasteiger partial charge in [0.15, 0.2) is 0 Å². The molecule has 1 nitrogen and oxygen atoms in total. The summed E-state index contributed by atoms with van der Waals surface area (Å²) in [7, 11) is 0. The molecule has 1 heteroatoms. The average Bonchev–Trinajstić information content (AvgIpc) is 2.34. The molecule has 0 bridgehead atoms.